The van der Waals surface area contributed by atoms with Gasteiger partial charge in [-0.3, -0.25) is 4.79 Å². The second kappa shape index (κ2) is 9.95. The Balaban J connectivity index is 1.70. The molecule has 1 amide bonds. The second-order valence-electron chi connectivity index (χ2n) is 6.32. The maximum absolute atomic E-state index is 14.2. The fraction of sp³-hybridized carbons (Fsp3) is 0.0500. The summed E-state index contributed by atoms with van der Waals surface area (Å²) in [7, 11) is 0. The van der Waals surface area contributed by atoms with Crippen molar-refractivity contribution in [2.24, 2.45) is 0 Å². The van der Waals surface area contributed by atoms with Crippen molar-refractivity contribution in [2.75, 3.05) is 5.32 Å². The van der Waals surface area contributed by atoms with E-state index in [4.69, 9.17) is 23.2 Å². The summed E-state index contributed by atoms with van der Waals surface area (Å²) in [5.41, 5.74) is 1.000. The third kappa shape index (κ3) is 5.26. The van der Waals surface area contributed by atoms with Crippen LogP contribution in [0.3, 0.4) is 0 Å². The molecule has 7 nitrogen and oxygen atoms in total. The summed E-state index contributed by atoms with van der Waals surface area (Å²) < 4.78 is 16.2. The van der Waals surface area contributed by atoms with Crippen LogP contribution in [0.2, 0.25) is 10.0 Å². The molecular formula is C20H12BrCl2FN6OS. The van der Waals surface area contributed by atoms with E-state index in [1.165, 1.54) is 28.6 Å². The van der Waals surface area contributed by atoms with Crippen LogP contribution < -0.4 is 5.32 Å². The minimum absolute atomic E-state index is 0.0172. The molecule has 2 heterocycles. The van der Waals surface area contributed by atoms with Crippen LogP contribution in [0.1, 0.15) is 16.2 Å². The molecule has 0 aliphatic heterocycles. The van der Waals surface area contributed by atoms with Gasteiger partial charge in [-0.25, -0.2) is 19.0 Å². The van der Waals surface area contributed by atoms with Crippen molar-refractivity contribution >= 4 is 62.5 Å². The highest BCUT2D eigenvalue weighted by atomic mass is 79.9. The summed E-state index contributed by atoms with van der Waals surface area (Å²) >= 11 is 16.7. The first-order valence-corrected chi connectivity index (χ1v) is 11.5. The number of benzene rings is 2. The van der Waals surface area contributed by atoms with Gasteiger partial charge in [0.15, 0.2) is 10.9 Å². The predicted octanol–water partition coefficient (Wildman–Crippen LogP) is 5.81. The van der Waals surface area contributed by atoms with Crippen molar-refractivity contribution in [1.29, 1.82) is 0 Å². The number of thioether (sulfide) groups is 1. The zero-order valence-corrected chi connectivity index (χ0v) is 19.9. The Morgan fingerprint density at radius 3 is 2.53 bits per heavy atom. The number of nitrogens with one attached hydrogen (secondary N) is 1. The van der Waals surface area contributed by atoms with E-state index in [1.54, 1.807) is 42.7 Å². The van der Waals surface area contributed by atoms with Crippen LogP contribution in [0.25, 0.3) is 5.69 Å². The molecule has 1 N–H and O–H groups in total. The zero-order valence-electron chi connectivity index (χ0n) is 16.0. The van der Waals surface area contributed by atoms with Gasteiger partial charge < -0.3 is 5.32 Å². The Bertz CT molecular complexity index is 1270. The molecule has 162 valence electrons. The Labute approximate surface area is 204 Å². The average molecular weight is 554 g/mol. The lowest BCUT2D eigenvalue weighted by Crippen LogP contribution is -2.16. The number of aromatic nitrogens is 5. The van der Waals surface area contributed by atoms with Crippen molar-refractivity contribution < 1.29 is 9.18 Å². The van der Waals surface area contributed by atoms with Crippen molar-refractivity contribution in [2.45, 2.75) is 10.9 Å². The number of amides is 1. The highest BCUT2D eigenvalue weighted by Gasteiger charge is 2.22. The van der Waals surface area contributed by atoms with Crippen LogP contribution in [0.5, 0.6) is 0 Å². The van der Waals surface area contributed by atoms with Crippen LogP contribution in [-0.2, 0) is 5.75 Å². The summed E-state index contributed by atoms with van der Waals surface area (Å²) in [6.45, 7) is 0. The number of halogens is 4. The Kier molecular flexibility index (Phi) is 7.04. The fourth-order valence-electron chi connectivity index (χ4n) is 2.74. The molecule has 0 fully saturated rings. The van der Waals surface area contributed by atoms with E-state index in [1.807, 2.05) is 0 Å². The van der Waals surface area contributed by atoms with Gasteiger partial charge >= 0.3 is 0 Å². The number of nitrogens with zero attached hydrogens (tertiary/aromatic N) is 5. The Morgan fingerprint density at radius 1 is 1.12 bits per heavy atom. The summed E-state index contributed by atoms with van der Waals surface area (Å²) in [6, 6.07) is 10.9. The molecular weight excluding hydrogens is 542 g/mol. The van der Waals surface area contributed by atoms with E-state index in [9.17, 15) is 9.18 Å². The zero-order chi connectivity index (χ0) is 22.7. The van der Waals surface area contributed by atoms with Gasteiger partial charge in [0.05, 0.1) is 17.1 Å². The summed E-state index contributed by atoms with van der Waals surface area (Å²) in [4.78, 5) is 21.3. The first kappa shape index (κ1) is 22.7. The van der Waals surface area contributed by atoms with Gasteiger partial charge in [0.2, 0.25) is 0 Å². The van der Waals surface area contributed by atoms with Crippen molar-refractivity contribution in [3.63, 3.8) is 0 Å². The van der Waals surface area contributed by atoms with E-state index in [2.05, 4.69) is 41.5 Å². The topological polar surface area (TPSA) is 85.6 Å². The lowest BCUT2D eigenvalue weighted by Gasteiger charge is -2.09. The maximum atomic E-state index is 14.2. The van der Waals surface area contributed by atoms with Crippen LogP contribution in [0.15, 0.2) is 64.5 Å². The lowest BCUT2D eigenvalue weighted by molar-refractivity contribution is 0.102. The highest BCUT2D eigenvalue weighted by Crippen LogP contribution is 2.27. The van der Waals surface area contributed by atoms with E-state index < -0.39 is 11.7 Å². The molecule has 0 aliphatic carbocycles. The monoisotopic (exact) mass is 552 g/mol. The largest absolute Gasteiger partial charge is 0.318 e. The number of carbonyl (C=O) groups is 1. The summed E-state index contributed by atoms with van der Waals surface area (Å²) in [5, 5.41) is 12.0. The molecule has 4 aromatic rings. The number of hydrogen-bond donors (Lipinski definition) is 1. The van der Waals surface area contributed by atoms with Gasteiger partial charge in [0.1, 0.15) is 5.82 Å². The van der Waals surface area contributed by atoms with E-state index in [-0.39, 0.29) is 17.1 Å². The van der Waals surface area contributed by atoms with Crippen LogP contribution in [-0.4, -0.2) is 30.9 Å². The molecule has 2 aromatic carbocycles. The SMILES string of the molecule is O=C(Nc1ccc(Br)cc1F)c1nnn(-c2cc(Cl)cc(Cl)c2)c1CSc1ncccn1. The van der Waals surface area contributed by atoms with E-state index in [0.717, 1.165) is 0 Å². The molecule has 0 saturated carbocycles. The second-order valence-corrected chi connectivity index (χ2v) is 9.05. The smallest absolute Gasteiger partial charge is 0.278 e. The molecule has 0 unspecified atom stereocenters. The summed E-state index contributed by atoms with van der Waals surface area (Å²) in [6.07, 6.45) is 3.23. The molecule has 0 spiro atoms. The van der Waals surface area contributed by atoms with E-state index >= 15 is 0 Å². The predicted molar refractivity (Wildman–Crippen MR) is 125 cm³/mol. The van der Waals surface area contributed by atoms with Gasteiger partial charge in [0, 0.05) is 32.7 Å². The van der Waals surface area contributed by atoms with Crippen LogP contribution >= 0.6 is 50.9 Å². The third-order valence-electron chi connectivity index (χ3n) is 4.13. The van der Waals surface area contributed by atoms with Gasteiger partial charge in [0.25, 0.3) is 5.91 Å². The van der Waals surface area contributed by atoms with Crippen molar-refractivity contribution in [3.8, 4) is 5.69 Å². The molecule has 32 heavy (non-hydrogen) atoms. The molecule has 0 radical (unpaired) electrons. The minimum Gasteiger partial charge on any atom is -0.318 e. The fourth-order valence-corrected chi connectivity index (χ4v) is 4.38. The van der Waals surface area contributed by atoms with Crippen LogP contribution in [0, 0.1) is 5.82 Å². The molecule has 0 aliphatic rings. The van der Waals surface area contributed by atoms with E-state index in [0.29, 0.717) is 31.1 Å². The Hall–Kier alpha value is -2.53. The number of rotatable bonds is 6. The lowest BCUT2D eigenvalue weighted by atomic mass is 10.2. The molecule has 0 atom stereocenters. The van der Waals surface area contributed by atoms with Gasteiger partial charge in [-0.15, -0.1) is 5.10 Å². The first-order valence-electron chi connectivity index (χ1n) is 8.98. The highest BCUT2D eigenvalue weighted by molar-refractivity contribution is 9.10. The minimum atomic E-state index is -0.616. The van der Waals surface area contributed by atoms with Gasteiger partial charge in [-0.05, 0) is 42.5 Å². The van der Waals surface area contributed by atoms with Crippen molar-refractivity contribution in [1.82, 2.24) is 25.0 Å². The van der Waals surface area contributed by atoms with Gasteiger partial charge in [-0.2, -0.15) is 0 Å². The first-order chi connectivity index (χ1) is 15.4. The van der Waals surface area contributed by atoms with Gasteiger partial charge in [-0.1, -0.05) is 56.1 Å². The normalized spacial score (nSPS) is 10.9. The number of hydrogen-bond acceptors (Lipinski definition) is 6. The quantitative estimate of drug-likeness (QED) is 0.239. The number of carbonyl (C=O) groups excluding carboxylic acids is 1. The third-order valence-corrected chi connectivity index (χ3v) is 5.95. The standard InChI is InChI=1S/C20H12BrCl2FN6OS/c21-11-2-3-16(15(24)6-11)27-19(31)18-17(10-32-20-25-4-1-5-26-20)30(29-28-18)14-8-12(22)7-13(23)9-14/h1-9H,10H2,(H,27,31). The summed E-state index contributed by atoms with van der Waals surface area (Å²) in [5.74, 6) is -0.947. The maximum Gasteiger partial charge on any atom is 0.278 e. The molecule has 12 heteroatoms. The molecule has 2 aromatic heterocycles. The molecule has 0 saturated heterocycles. The van der Waals surface area contributed by atoms with Crippen molar-refractivity contribution in [3.05, 3.63) is 86.6 Å². The molecule has 0 bridgehead atoms. The number of anilines is 1. The average Bonchev–Trinajstić information content (AvgIpc) is 3.18. The van der Waals surface area contributed by atoms with Crippen LogP contribution in [0.4, 0.5) is 10.1 Å². The molecule has 4 rings (SSSR count). The Morgan fingerprint density at radius 2 is 1.84 bits per heavy atom.